The van der Waals surface area contributed by atoms with E-state index >= 15 is 35.1 Å². The highest BCUT2D eigenvalue weighted by molar-refractivity contribution is 7.76. The zero-order valence-electron chi connectivity index (χ0n) is 51.9. The van der Waals surface area contributed by atoms with Crippen LogP contribution in [0.15, 0.2) is 30.3 Å². The standard InChI is InChI=1S/C44H82OP.C24BF20/c1-4-7-10-13-16-19-22-25-28-34-39-46(42-44(45)43-37-32-31-33-38-43,40-35-29-26-23-20-17-14-11-8-5-2)41-36-30-27-24-21-18-15-12-9-6-3;26-5-1(6(27)14(35)21(42)13(5)34)25(2-7(28)15(36)22(43)16(37)8(2)29,3-9(30)17(38)23(44)18(39)10(3)31)4-11(32)19(40)24(45)20(41)12(4)33/h31-33,37-38H,4-30,34-36,39-42H2,1-3H3;/q+1;-1. The summed E-state index contributed by atoms with van der Waals surface area (Å²) in [6.07, 6.45) is 39.8. The molecule has 0 atom stereocenters. The summed E-state index contributed by atoms with van der Waals surface area (Å²) >= 11 is 0. The molecule has 0 amide bonds. The van der Waals surface area contributed by atoms with Crippen LogP contribution in [0.2, 0.25) is 0 Å². The van der Waals surface area contributed by atoms with E-state index in [2.05, 4.69) is 51.1 Å². The fourth-order valence-corrected chi connectivity index (χ4v) is 16.9. The van der Waals surface area contributed by atoms with Gasteiger partial charge in [0.1, 0.15) is 58.8 Å². The summed E-state index contributed by atoms with van der Waals surface area (Å²) < 4.78 is 294. The second kappa shape index (κ2) is 38.9. The van der Waals surface area contributed by atoms with Crippen LogP contribution in [-0.2, 0) is 0 Å². The molecule has 91 heavy (non-hydrogen) atoms. The van der Waals surface area contributed by atoms with Crippen molar-refractivity contribution < 1.29 is 92.6 Å². The molecule has 0 fully saturated rings. The lowest BCUT2D eigenvalue weighted by atomic mass is 9.12. The van der Waals surface area contributed by atoms with Crippen molar-refractivity contribution in [2.75, 3.05) is 24.6 Å². The molecule has 0 aliphatic carbocycles. The van der Waals surface area contributed by atoms with E-state index in [9.17, 15) is 57.5 Å². The highest BCUT2D eigenvalue weighted by atomic mass is 31.2. The van der Waals surface area contributed by atoms with E-state index in [4.69, 9.17) is 0 Å². The number of Topliss-reactive ketones (excluding diaryl/α,β-unsaturated/α-hetero) is 1. The average molecular weight is 1340 g/mol. The van der Waals surface area contributed by atoms with Gasteiger partial charge in [0, 0.05) is 12.8 Å². The Labute approximate surface area is 522 Å². The second-order valence-corrected chi connectivity index (χ2v) is 28.1. The minimum atomic E-state index is -7.22. The van der Waals surface area contributed by atoms with E-state index in [0.29, 0.717) is 5.78 Å². The number of carbonyl (C=O) groups is 1. The van der Waals surface area contributed by atoms with Crippen molar-refractivity contribution in [1.29, 1.82) is 0 Å². The Morgan fingerprint density at radius 3 is 0.637 bits per heavy atom. The maximum absolute atomic E-state index is 15.4. The molecule has 5 aromatic rings. The number of ketones is 1. The Morgan fingerprint density at radius 1 is 0.264 bits per heavy atom. The van der Waals surface area contributed by atoms with Crippen molar-refractivity contribution in [1.82, 2.24) is 0 Å². The number of halogens is 20. The summed E-state index contributed by atoms with van der Waals surface area (Å²) in [6, 6.07) is 10.3. The van der Waals surface area contributed by atoms with Crippen LogP contribution in [-0.4, -0.2) is 36.6 Å². The molecule has 0 saturated heterocycles. The highest BCUT2D eigenvalue weighted by Crippen LogP contribution is 2.61. The highest BCUT2D eigenvalue weighted by Gasteiger charge is 2.52. The summed E-state index contributed by atoms with van der Waals surface area (Å²) in [7, 11) is -1.29. The van der Waals surface area contributed by atoms with E-state index in [-0.39, 0.29) is 0 Å². The van der Waals surface area contributed by atoms with Crippen LogP contribution >= 0.6 is 7.26 Å². The number of carbonyl (C=O) groups excluding carboxylic acids is 1. The molecule has 1 nitrogen and oxygen atoms in total. The largest absolute Gasteiger partial charge is 0.290 e. The van der Waals surface area contributed by atoms with E-state index in [1.165, 1.54) is 211 Å². The van der Waals surface area contributed by atoms with Gasteiger partial charge in [0.2, 0.25) is 0 Å². The van der Waals surface area contributed by atoms with Gasteiger partial charge in [-0.1, -0.05) is 205 Å². The van der Waals surface area contributed by atoms with Crippen LogP contribution in [0.3, 0.4) is 0 Å². The number of rotatable bonds is 40. The molecule has 23 heteroatoms. The summed E-state index contributed by atoms with van der Waals surface area (Å²) in [4.78, 5) is 13.7. The van der Waals surface area contributed by atoms with Gasteiger partial charge in [-0.05, 0) is 38.5 Å². The van der Waals surface area contributed by atoms with Gasteiger partial charge >= 0.3 is 0 Å². The monoisotopic (exact) mass is 1340 g/mol. The van der Waals surface area contributed by atoms with Crippen LogP contribution in [0.5, 0.6) is 0 Å². The first-order chi connectivity index (χ1) is 43.4. The number of hydrogen-bond acceptors (Lipinski definition) is 1. The minimum Gasteiger partial charge on any atom is -0.290 e. The van der Waals surface area contributed by atoms with E-state index in [0.717, 1.165) is 11.7 Å². The van der Waals surface area contributed by atoms with Crippen molar-refractivity contribution in [3.63, 3.8) is 0 Å². The van der Waals surface area contributed by atoms with E-state index in [1.807, 2.05) is 0 Å². The first-order valence-electron chi connectivity index (χ1n) is 32.0. The number of benzene rings is 5. The van der Waals surface area contributed by atoms with Crippen LogP contribution < -0.4 is 21.9 Å². The maximum atomic E-state index is 15.4. The van der Waals surface area contributed by atoms with Crippen molar-refractivity contribution in [2.24, 2.45) is 0 Å². The molecule has 508 valence electrons. The molecule has 0 aliphatic rings. The Kier molecular flexibility index (Phi) is 33.5. The van der Waals surface area contributed by atoms with Gasteiger partial charge in [0.15, 0.2) is 75.6 Å². The van der Waals surface area contributed by atoms with Gasteiger partial charge in [-0.25, -0.2) is 87.8 Å². The summed E-state index contributed by atoms with van der Waals surface area (Å²) in [5.41, 5.74) is -13.4. The van der Waals surface area contributed by atoms with Gasteiger partial charge in [0.05, 0.1) is 18.5 Å². The average Bonchev–Trinajstić information content (AvgIpc) is 0.828. The number of hydrogen-bond donors (Lipinski definition) is 0. The lowest BCUT2D eigenvalue weighted by molar-refractivity contribution is 0.102. The Hall–Kier alpha value is -5.14. The third kappa shape index (κ3) is 20.0. The molecule has 0 spiro atoms. The first-order valence-corrected chi connectivity index (χ1v) is 34.6. The molecule has 0 heterocycles. The zero-order valence-corrected chi connectivity index (χ0v) is 52.8. The molecule has 0 bridgehead atoms. The van der Waals surface area contributed by atoms with Gasteiger partial charge in [-0.2, -0.15) is 0 Å². The zero-order chi connectivity index (χ0) is 67.6. The SMILES string of the molecule is CCCCCCCCCCCC[P+](CCCCCCCCCCCC)(CCCCCCCCCCCC)CC(=O)c1ccccc1.Fc1c(F)c(F)c([B-](c2c(F)c(F)c(F)c(F)c2F)(c2c(F)c(F)c(F)c(F)c2F)c2c(F)c(F)c(F)c(F)c2F)c(F)c1F. The molecule has 5 rings (SSSR count). The van der Waals surface area contributed by atoms with Crippen LogP contribution in [0, 0.1) is 116 Å². The molecule has 0 aromatic heterocycles. The molecular formula is C68H82BF20OP. The molecular weight excluding hydrogens is 1250 g/mol. The predicted molar refractivity (Wildman–Crippen MR) is 322 cm³/mol. The lowest BCUT2D eigenvalue weighted by Gasteiger charge is -2.44. The van der Waals surface area contributed by atoms with Gasteiger partial charge in [-0.3, -0.25) is 4.79 Å². The topological polar surface area (TPSA) is 17.1 Å². The van der Waals surface area contributed by atoms with Crippen molar-refractivity contribution in [3.05, 3.63) is 152 Å². The summed E-state index contributed by atoms with van der Waals surface area (Å²) in [6.45, 7) is 6.93. The minimum absolute atomic E-state index is 0.445. The van der Waals surface area contributed by atoms with Crippen molar-refractivity contribution in [3.8, 4) is 0 Å². The van der Waals surface area contributed by atoms with Gasteiger partial charge in [0.25, 0.3) is 0 Å². The molecule has 0 unspecified atom stereocenters. The fourth-order valence-electron chi connectivity index (χ4n) is 12.3. The molecule has 0 aliphatic heterocycles. The molecule has 5 aromatic carbocycles. The fraction of sp³-hybridized carbons (Fsp3) is 0.544. The van der Waals surface area contributed by atoms with E-state index in [1.54, 1.807) is 0 Å². The molecule has 0 N–H and O–H groups in total. The summed E-state index contributed by atoms with van der Waals surface area (Å²) in [5, 5.41) is 0. The second-order valence-electron chi connectivity index (χ2n) is 23.8. The van der Waals surface area contributed by atoms with Crippen LogP contribution in [0.1, 0.15) is 224 Å². The summed E-state index contributed by atoms with van der Waals surface area (Å²) in [5.74, 6) is -71.0. The maximum Gasteiger partial charge on any atom is 0.200 e. The van der Waals surface area contributed by atoms with Crippen molar-refractivity contribution in [2.45, 2.75) is 213 Å². The third-order valence-corrected chi connectivity index (χ3v) is 22.0. The molecule has 0 radical (unpaired) electrons. The Morgan fingerprint density at radius 2 is 0.440 bits per heavy atom. The number of unbranched alkanes of at least 4 members (excludes halogenated alkanes) is 27. The van der Waals surface area contributed by atoms with E-state index < -0.39 is 152 Å². The smallest absolute Gasteiger partial charge is 0.200 e. The van der Waals surface area contributed by atoms with Gasteiger partial charge < -0.3 is 0 Å². The first kappa shape index (κ1) is 78.3. The lowest BCUT2D eigenvalue weighted by Crippen LogP contribution is -2.81. The third-order valence-electron chi connectivity index (χ3n) is 17.2. The van der Waals surface area contributed by atoms with Crippen molar-refractivity contribution >= 4 is 41.0 Å². The normalized spacial score (nSPS) is 11.9. The van der Waals surface area contributed by atoms with Crippen LogP contribution in [0.25, 0.3) is 0 Å². The van der Waals surface area contributed by atoms with Gasteiger partial charge in [-0.15, -0.1) is 21.9 Å². The predicted octanol–water partition coefficient (Wildman–Crippen LogP) is 21.5. The Balaban J connectivity index is 0.000000388. The quantitative estimate of drug-likeness (QED) is 0.00727. The Bertz CT molecular complexity index is 2660. The van der Waals surface area contributed by atoms with Crippen LogP contribution in [0.4, 0.5) is 87.8 Å². The molecule has 0 saturated carbocycles.